The van der Waals surface area contributed by atoms with E-state index in [1.54, 1.807) is 13.2 Å². The van der Waals surface area contributed by atoms with Gasteiger partial charge in [-0.25, -0.2) is 0 Å². The molecule has 5 aliphatic rings. The number of Topliss-reactive ketones (excluding diaryl/α,β-unsaturated/α-hetero) is 1. The molecular weight excluding hydrogens is 392 g/mol. The zero-order valence-electron chi connectivity index (χ0n) is 18.7. The summed E-state index contributed by atoms with van der Waals surface area (Å²) < 4.78 is 18.5. The van der Waals surface area contributed by atoms with Gasteiger partial charge in [-0.2, -0.15) is 0 Å². The standard InChI is InChI=1S/C26H32O5/c1-15(27)26-22(30-23(31-26)21-5-4-12-29-21)14-20-18-7-6-16-13-17(28)8-10-24(16,2)19(18)9-11-25(20,26)3/h4-5,12-13,18-20,22-23H,6-11,14H2,1-3H3. The van der Waals surface area contributed by atoms with E-state index in [1.165, 1.54) is 5.57 Å². The first-order chi connectivity index (χ1) is 14.8. The van der Waals surface area contributed by atoms with Crippen molar-refractivity contribution in [2.45, 2.75) is 83.7 Å². The molecule has 0 radical (unpaired) electrons. The van der Waals surface area contributed by atoms with E-state index >= 15 is 0 Å². The number of hydrogen-bond donors (Lipinski definition) is 0. The van der Waals surface area contributed by atoms with Crippen molar-refractivity contribution in [3.05, 3.63) is 35.8 Å². The molecule has 1 saturated heterocycles. The summed E-state index contributed by atoms with van der Waals surface area (Å²) in [4.78, 5) is 25.3. The predicted molar refractivity (Wildman–Crippen MR) is 113 cm³/mol. The van der Waals surface area contributed by atoms with Crippen molar-refractivity contribution in [2.24, 2.45) is 28.6 Å². The lowest BCUT2D eigenvalue weighted by Crippen LogP contribution is -2.59. The summed E-state index contributed by atoms with van der Waals surface area (Å²) in [5, 5.41) is 0. The maximum absolute atomic E-state index is 13.2. The van der Waals surface area contributed by atoms with Crippen LogP contribution in [0.3, 0.4) is 0 Å². The van der Waals surface area contributed by atoms with Crippen molar-refractivity contribution >= 4 is 11.6 Å². The molecule has 0 N–H and O–H groups in total. The SMILES string of the molecule is CC(=O)C12OC(c3ccco3)OC1CC1C3CCC4=CC(=O)CCC4(C)C3CCC12C. The molecule has 0 aromatic carbocycles. The molecule has 8 unspecified atom stereocenters. The van der Waals surface area contributed by atoms with Gasteiger partial charge in [0.2, 0.25) is 6.29 Å². The Bertz CT molecular complexity index is 962. The molecule has 0 amide bonds. The second-order valence-corrected chi connectivity index (χ2v) is 11.0. The van der Waals surface area contributed by atoms with Gasteiger partial charge in [-0.1, -0.05) is 19.4 Å². The Morgan fingerprint density at radius 1 is 1.13 bits per heavy atom. The Hall–Kier alpha value is -1.72. The second kappa shape index (κ2) is 6.41. The number of fused-ring (bicyclic) bond motifs is 7. The van der Waals surface area contributed by atoms with Crippen molar-refractivity contribution in [2.75, 3.05) is 0 Å². The van der Waals surface area contributed by atoms with E-state index in [4.69, 9.17) is 13.9 Å². The minimum absolute atomic E-state index is 0.0841. The lowest BCUT2D eigenvalue weighted by molar-refractivity contribution is -0.187. The van der Waals surface area contributed by atoms with Crippen LogP contribution in [0.4, 0.5) is 0 Å². The highest BCUT2D eigenvalue weighted by molar-refractivity contribution is 5.91. The molecule has 5 nitrogen and oxygen atoms in total. The monoisotopic (exact) mass is 424 g/mol. The van der Waals surface area contributed by atoms with Crippen LogP contribution in [0.2, 0.25) is 0 Å². The first-order valence-corrected chi connectivity index (χ1v) is 11.9. The number of allylic oxidation sites excluding steroid dienone is 1. The summed E-state index contributed by atoms with van der Waals surface area (Å²) in [6.07, 6.45) is 9.38. The molecule has 4 aliphatic carbocycles. The molecule has 8 atom stereocenters. The molecule has 0 spiro atoms. The summed E-state index contributed by atoms with van der Waals surface area (Å²) >= 11 is 0. The summed E-state index contributed by atoms with van der Waals surface area (Å²) in [6.45, 7) is 6.35. The molecule has 6 rings (SSSR count). The summed E-state index contributed by atoms with van der Waals surface area (Å²) in [5.74, 6) is 2.53. The molecule has 3 saturated carbocycles. The molecule has 166 valence electrons. The van der Waals surface area contributed by atoms with E-state index < -0.39 is 11.9 Å². The summed E-state index contributed by atoms with van der Waals surface area (Å²) in [7, 11) is 0. The lowest BCUT2D eigenvalue weighted by Gasteiger charge is -2.59. The van der Waals surface area contributed by atoms with E-state index in [-0.39, 0.29) is 22.7 Å². The predicted octanol–water partition coefficient (Wildman–Crippen LogP) is 5.16. The molecule has 4 fully saturated rings. The minimum Gasteiger partial charge on any atom is -0.464 e. The van der Waals surface area contributed by atoms with Gasteiger partial charge in [0, 0.05) is 11.8 Å². The minimum atomic E-state index is -0.903. The lowest BCUT2D eigenvalue weighted by atomic mass is 9.46. The van der Waals surface area contributed by atoms with E-state index in [0.29, 0.717) is 35.7 Å². The van der Waals surface area contributed by atoms with Gasteiger partial charge in [0.05, 0.1) is 12.4 Å². The zero-order chi connectivity index (χ0) is 21.6. The smallest absolute Gasteiger partial charge is 0.218 e. The van der Waals surface area contributed by atoms with E-state index in [0.717, 1.165) is 38.5 Å². The molecule has 0 bridgehead atoms. The average Bonchev–Trinajstić information content (AvgIpc) is 3.43. The molecule has 5 heteroatoms. The van der Waals surface area contributed by atoms with Crippen LogP contribution in [0.25, 0.3) is 0 Å². The van der Waals surface area contributed by atoms with Crippen molar-refractivity contribution in [3.8, 4) is 0 Å². The summed E-state index contributed by atoms with van der Waals surface area (Å²) in [6, 6.07) is 3.69. The Labute approximate surface area is 183 Å². The Balaban J connectivity index is 1.36. The van der Waals surface area contributed by atoms with Crippen molar-refractivity contribution < 1.29 is 23.5 Å². The number of furan rings is 1. The van der Waals surface area contributed by atoms with Gasteiger partial charge in [-0.05, 0) is 86.8 Å². The highest BCUT2D eigenvalue weighted by Gasteiger charge is 2.74. The van der Waals surface area contributed by atoms with Gasteiger partial charge in [-0.3, -0.25) is 9.59 Å². The Kier molecular flexibility index (Phi) is 4.12. The largest absolute Gasteiger partial charge is 0.464 e. The second-order valence-electron chi connectivity index (χ2n) is 11.0. The molecule has 1 aromatic heterocycles. The van der Waals surface area contributed by atoms with E-state index in [1.807, 2.05) is 18.2 Å². The van der Waals surface area contributed by atoms with Gasteiger partial charge in [-0.15, -0.1) is 0 Å². The molecule has 31 heavy (non-hydrogen) atoms. The maximum Gasteiger partial charge on any atom is 0.218 e. The third-order valence-electron chi connectivity index (χ3n) is 10.0. The van der Waals surface area contributed by atoms with Crippen LogP contribution in [-0.4, -0.2) is 23.3 Å². The maximum atomic E-state index is 13.2. The van der Waals surface area contributed by atoms with Crippen LogP contribution in [0.15, 0.2) is 34.5 Å². The van der Waals surface area contributed by atoms with Crippen molar-refractivity contribution in [3.63, 3.8) is 0 Å². The fourth-order valence-electron chi connectivity index (χ4n) is 8.51. The third kappa shape index (κ3) is 2.40. The van der Waals surface area contributed by atoms with E-state index in [9.17, 15) is 9.59 Å². The van der Waals surface area contributed by atoms with Crippen LogP contribution < -0.4 is 0 Å². The number of ether oxygens (including phenoxy) is 2. The van der Waals surface area contributed by atoms with Gasteiger partial charge >= 0.3 is 0 Å². The van der Waals surface area contributed by atoms with Crippen molar-refractivity contribution in [1.29, 1.82) is 0 Å². The topological polar surface area (TPSA) is 65.7 Å². The molecule has 2 heterocycles. The summed E-state index contributed by atoms with van der Waals surface area (Å²) in [5.41, 5.74) is 0.351. The number of carbonyl (C=O) groups is 2. The highest BCUT2D eigenvalue weighted by Crippen LogP contribution is 2.70. The normalized spacial score (nSPS) is 48.4. The molecule has 1 aliphatic heterocycles. The van der Waals surface area contributed by atoms with Crippen LogP contribution >= 0.6 is 0 Å². The molecule has 1 aromatic rings. The Morgan fingerprint density at radius 3 is 2.71 bits per heavy atom. The Morgan fingerprint density at radius 2 is 1.97 bits per heavy atom. The van der Waals surface area contributed by atoms with Gasteiger partial charge < -0.3 is 13.9 Å². The van der Waals surface area contributed by atoms with Crippen LogP contribution in [0.5, 0.6) is 0 Å². The fourth-order valence-corrected chi connectivity index (χ4v) is 8.51. The van der Waals surface area contributed by atoms with Crippen LogP contribution in [-0.2, 0) is 19.1 Å². The van der Waals surface area contributed by atoms with Crippen LogP contribution in [0.1, 0.15) is 77.8 Å². The van der Waals surface area contributed by atoms with Gasteiger partial charge in [0.25, 0.3) is 0 Å². The molecular formula is C26H32O5. The first kappa shape index (κ1) is 19.9. The number of hydrogen-bond acceptors (Lipinski definition) is 5. The number of rotatable bonds is 2. The zero-order valence-corrected chi connectivity index (χ0v) is 18.7. The number of carbonyl (C=O) groups excluding carboxylic acids is 2. The third-order valence-corrected chi connectivity index (χ3v) is 10.0. The first-order valence-electron chi connectivity index (χ1n) is 11.9. The van der Waals surface area contributed by atoms with Crippen molar-refractivity contribution in [1.82, 2.24) is 0 Å². The van der Waals surface area contributed by atoms with Gasteiger partial charge in [0.1, 0.15) is 0 Å². The van der Waals surface area contributed by atoms with Gasteiger partial charge in [0.15, 0.2) is 22.9 Å². The number of ketones is 2. The quantitative estimate of drug-likeness (QED) is 0.656. The average molecular weight is 425 g/mol. The van der Waals surface area contributed by atoms with Crippen LogP contribution in [0, 0.1) is 28.6 Å². The highest BCUT2D eigenvalue weighted by atomic mass is 16.8. The fraction of sp³-hybridized carbons (Fsp3) is 0.692. The van der Waals surface area contributed by atoms with E-state index in [2.05, 4.69) is 13.8 Å².